The Kier molecular flexibility index (Phi) is 9.89. The number of ether oxygens (including phenoxy) is 2. The maximum Gasteiger partial charge on any atom is 0.116 e. The number of hydrogen-bond acceptors (Lipinski definition) is 5. The van der Waals surface area contributed by atoms with Crippen LogP contribution in [-0.4, -0.2) is 63.5 Å². The van der Waals surface area contributed by atoms with Gasteiger partial charge < -0.3 is 14.8 Å². The van der Waals surface area contributed by atoms with Crippen molar-refractivity contribution < 1.29 is 9.47 Å². The van der Waals surface area contributed by atoms with E-state index in [1.807, 2.05) is 27.8 Å². The lowest BCUT2D eigenvalue weighted by Crippen LogP contribution is -2.50. The Morgan fingerprint density at radius 2 is 1.67 bits per heavy atom. The highest BCUT2D eigenvalue weighted by Crippen LogP contribution is 2.05. The number of nitriles is 1. The van der Waals surface area contributed by atoms with Gasteiger partial charge in [0.1, 0.15) is 5.54 Å². The maximum atomic E-state index is 9.18. The van der Waals surface area contributed by atoms with Gasteiger partial charge in [-0.3, -0.25) is 4.90 Å². The summed E-state index contributed by atoms with van der Waals surface area (Å²) in [5, 5.41) is 12.2. The number of rotatable bonds is 11. The standard InChI is InChI=1S/C13H27N3O2/c1-5-17-9-7-16(8-10-18-6-2)12-13(3,11-14)15-4/h15H,5-10,12H2,1-4H3. The number of likely N-dealkylation sites (N-methyl/N-ethyl adjacent to an activating group) is 1. The molecule has 0 amide bonds. The molecule has 0 aromatic heterocycles. The first-order valence-corrected chi connectivity index (χ1v) is 6.59. The summed E-state index contributed by atoms with van der Waals surface area (Å²) in [5.74, 6) is 0. The maximum absolute atomic E-state index is 9.18. The van der Waals surface area contributed by atoms with Gasteiger partial charge in [-0.15, -0.1) is 0 Å². The van der Waals surface area contributed by atoms with Crippen LogP contribution in [0.3, 0.4) is 0 Å². The van der Waals surface area contributed by atoms with Crippen molar-refractivity contribution in [3.05, 3.63) is 0 Å². The van der Waals surface area contributed by atoms with Gasteiger partial charge in [0.2, 0.25) is 0 Å². The minimum Gasteiger partial charge on any atom is -0.380 e. The van der Waals surface area contributed by atoms with Crippen molar-refractivity contribution in [1.82, 2.24) is 10.2 Å². The Labute approximate surface area is 111 Å². The summed E-state index contributed by atoms with van der Waals surface area (Å²) >= 11 is 0. The van der Waals surface area contributed by atoms with E-state index in [2.05, 4.69) is 16.3 Å². The Hall–Kier alpha value is -0.670. The zero-order valence-corrected chi connectivity index (χ0v) is 12.2. The summed E-state index contributed by atoms with van der Waals surface area (Å²) in [6.45, 7) is 11.0. The largest absolute Gasteiger partial charge is 0.380 e. The summed E-state index contributed by atoms with van der Waals surface area (Å²) < 4.78 is 10.7. The van der Waals surface area contributed by atoms with Crippen molar-refractivity contribution in [2.24, 2.45) is 0 Å². The summed E-state index contributed by atoms with van der Waals surface area (Å²) in [4.78, 5) is 2.20. The third kappa shape index (κ3) is 7.62. The first-order chi connectivity index (χ1) is 8.61. The SMILES string of the molecule is CCOCCN(CCOCC)CC(C)(C#N)NC. The van der Waals surface area contributed by atoms with E-state index in [4.69, 9.17) is 9.47 Å². The summed E-state index contributed by atoms with van der Waals surface area (Å²) in [6.07, 6.45) is 0. The fourth-order valence-corrected chi connectivity index (χ4v) is 1.56. The molecule has 0 saturated heterocycles. The van der Waals surface area contributed by atoms with E-state index in [0.29, 0.717) is 19.8 Å². The normalized spacial score (nSPS) is 14.4. The molecule has 0 aliphatic rings. The zero-order valence-electron chi connectivity index (χ0n) is 12.2. The van der Waals surface area contributed by atoms with Crippen LogP contribution in [0.1, 0.15) is 20.8 Å². The molecule has 0 aliphatic carbocycles. The highest BCUT2D eigenvalue weighted by molar-refractivity contribution is 5.04. The van der Waals surface area contributed by atoms with E-state index in [-0.39, 0.29) is 0 Å². The molecule has 0 aliphatic heterocycles. The highest BCUT2D eigenvalue weighted by atomic mass is 16.5. The molecular formula is C13H27N3O2. The van der Waals surface area contributed by atoms with Crippen LogP contribution in [-0.2, 0) is 9.47 Å². The van der Waals surface area contributed by atoms with Gasteiger partial charge in [-0.05, 0) is 27.8 Å². The molecule has 0 aromatic carbocycles. The zero-order chi connectivity index (χ0) is 13.9. The Morgan fingerprint density at radius 3 is 2.00 bits per heavy atom. The number of nitrogens with one attached hydrogen (secondary N) is 1. The van der Waals surface area contributed by atoms with E-state index < -0.39 is 5.54 Å². The van der Waals surface area contributed by atoms with Crippen molar-refractivity contribution in [1.29, 1.82) is 5.26 Å². The third-order valence-electron chi connectivity index (χ3n) is 2.85. The molecule has 0 saturated carbocycles. The van der Waals surface area contributed by atoms with Crippen LogP contribution < -0.4 is 5.32 Å². The van der Waals surface area contributed by atoms with Gasteiger partial charge in [0, 0.05) is 32.8 Å². The summed E-state index contributed by atoms with van der Waals surface area (Å²) in [5.41, 5.74) is -0.529. The molecule has 1 atom stereocenters. The Bertz CT molecular complexity index is 233. The van der Waals surface area contributed by atoms with Crippen LogP contribution in [0.15, 0.2) is 0 Å². The predicted molar refractivity (Wildman–Crippen MR) is 72.5 cm³/mol. The summed E-state index contributed by atoms with van der Waals surface area (Å²) in [6, 6.07) is 2.31. The molecule has 1 N–H and O–H groups in total. The lowest BCUT2D eigenvalue weighted by Gasteiger charge is -2.30. The minimum atomic E-state index is -0.529. The minimum absolute atomic E-state index is 0.529. The molecule has 0 rings (SSSR count). The van der Waals surface area contributed by atoms with Crippen LogP contribution >= 0.6 is 0 Å². The van der Waals surface area contributed by atoms with Crippen molar-refractivity contribution >= 4 is 0 Å². The van der Waals surface area contributed by atoms with Gasteiger partial charge in [0.15, 0.2) is 0 Å². The average Bonchev–Trinajstić information content (AvgIpc) is 2.39. The van der Waals surface area contributed by atoms with E-state index in [0.717, 1.165) is 26.3 Å². The molecule has 1 unspecified atom stereocenters. The third-order valence-corrected chi connectivity index (χ3v) is 2.85. The van der Waals surface area contributed by atoms with E-state index in [1.54, 1.807) is 0 Å². The topological polar surface area (TPSA) is 57.5 Å². The van der Waals surface area contributed by atoms with Gasteiger partial charge in [-0.2, -0.15) is 5.26 Å². The second kappa shape index (κ2) is 10.3. The Morgan fingerprint density at radius 1 is 1.17 bits per heavy atom. The van der Waals surface area contributed by atoms with E-state index in [9.17, 15) is 5.26 Å². The number of nitrogens with zero attached hydrogens (tertiary/aromatic N) is 2. The van der Waals surface area contributed by atoms with Crippen molar-refractivity contribution in [2.75, 3.05) is 53.1 Å². The molecular weight excluding hydrogens is 230 g/mol. The molecule has 0 spiro atoms. The van der Waals surface area contributed by atoms with Crippen molar-refractivity contribution in [3.63, 3.8) is 0 Å². The van der Waals surface area contributed by atoms with Crippen LogP contribution in [0.4, 0.5) is 0 Å². The van der Waals surface area contributed by atoms with Gasteiger partial charge in [0.25, 0.3) is 0 Å². The van der Waals surface area contributed by atoms with Gasteiger partial charge in [-0.25, -0.2) is 0 Å². The quantitative estimate of drug-likeness (QED) is 0.556. The van der Waals surface area contributed by atoms with Crippen molar-refractivity contribution in [3.8, 4) is 6.07 Å². The predicted octanol–water partition coefficient (Wildman–Crippen LogP) is 0.863. The van der Waals surface area contributed by atoms with Crippen LogP contribution in [0, 0.1) is 11.3 Å². The fraction of sp³-hybridized carbons (Fsp3) is 0.923. The van der Waals surface area contributed by atoms with E-state index in [1.165, 1.54) is 0 Å². The van der Waals surface area contributed by atoms with Gasteiger partial charge >= 0.3 is 0 Å². The van der Waals surface area contributed by atoms with E-state index >= 15 is 0 Å². The second-order valence-corrected chi connectivity index (χ2v) is 4.36. The van der Waals surface area contributed by atoms with Gasteiger partial charge in [-0.1, -0.05) is 0 Å². The van der Waals surface area contributed by atoms with Gasteiger partial charge in [0.05, 0.1) is 19.3 Å². The Balaban J connectivity index is 4.22. The fourth-order valence-electron chi connectivity index (χ4n) is 1.56. The molecule has 5 heteroatoms. The molecule has 0 heterocycles. The lowest BCUT2D eigenvalue weighted by molar-refractivity contribution is 0.0754. The molecule has 18 heavy (non-hydrogen) atoms. The second-order valence-electron chi connectivity index (χ2n) is 4.36. The summed E-state index contributed by atoms with van der Waals surface area (Å²) in [7, 11) is 1.81. The molecule has 106 valence electrons. The molecule has 0 radical (unpaired) electrons. The van der Waals surface area contributed by atoms with Crippen LogP contribution in [0.2, 0.25) is 0 Å². The highest BCUT2D eigenvalue weighted by Gasteiger charge is 2.24. The smallest absolute Gasteiger partial charge is 0.116 e. The molecule has 5 nitrogen and oxygen atoms in total. The van der Waals surface area contributed by atoms with Crippen LogP contribution in [0.5, 0.6) is 0 Å². The monoisotopic (exact) mass is 257 g/mol. The first-order valence-electron chi connectivity index (χ1n) is 6.59. The average molecular weight is 257 g/mol. The molecule has 0 aromatic rings. The molecule has 0 fully saturated rings. The number of hydrogen-bond donors (Lipinski definition) is 1. The first kappa shape index (κ1) is 17.3. The van der Waals surface area contributed by atoms with Crippen molar-refractivity contribution in [2.45, 2.75) is 26.3 Å². The van der Waals surface area contributed by atoms with Crippen LogP contribution in [0.25, 0.3) is 0 Å². The lowest BCUT2D eigenvalue weighted by atomic mass is 10.0. The molecule has 0 bridgehead atoms.